The number of carbonyl (C=O) groups excluding carboxylic acids is 1. The molecule has 2 aromatic rings. The van der Waals surface area contributed by atoms with Crippen LogP contribution in [0.4, 0.5) is 4.79 Å². The van der Waals surface area contributed by atoms with Gasteiger partial charge in [0.05, 0.1) is 12.6 Å². The van der Waals surface area contributed by atoms with Gasteiger partial charge in [0, 0.05) is 13.7 Å². The molecule has 0 saturated heterocycles. The first-order chi connectivity index (χ1) is 14.9. The molecule has 2 aromatic carbocycles. The number of aliphatic hydroxyl groups is 1. The zero-order chi connectivity index (χ0) is 24.0. The minimum absolute atomic E-state index is 0.124. The minimum atomic E-state index is -2.65. The Morgan fingerprint density at radius 1 is 0.938 bits per heavy atom. The van der Waals surface area contributed by atoms with Crippen molar-refractivity contribution in [1.82, 2.24) is 4.90 Å². The second-order valence-corrected chi connectivity index (χ2v) is 14.5. The molecular formula is C26H39NO4Si. The Labute approximate surface area is 194 Å². The molecule has 0 aromatic heterocycles. The van der Waals surface area contributed by atoms with Crippen LogP contribution in [0.15, 0.2) is 60.7 Å². The molecule has 0 fully saturated rings. The molecule has 32 heavy (non-hydrogen) atoms. The van der Waals surface area contributed by atoms with Gasteiger partial charge in [-0.1, -0.05) is 81.4 Å². The molecule has 1 N–H and O–H groups in total. The van der Waals surface area contributed by atoms with Crippen LogP contribution in [0.3, 0.4) is 0 Å². The molecule has 1 amide bonds. The van der Waals surface area contributed by atoms with Gasteiger partial charge in [0.1, 0.15) is 5.60 Å². The van der Waals surface area contributed by atoms with E-state index in [9.17, 15) is 9.90 Å². The van der Waals surface area contributed by atoms with Crippen molar-refractivity contribution in [2.24, 2.45) is 0 Å². The average molecular weight is 458 g/mol. The zero-order valence-corrected chi connectivity index (χ0v) is 21.6. The van der Waals surface area contributed by atoms with Crippen molar-refractivity contribution < 1.29 is 19.1 Å². The Kier molecular flexibility index (Phi) is 8.68. The lowest BCUT2D eigenvalue weighted by Gasteiger charge is -2.43. The average Bonchev–Trinajstić information content (AvgIpc) is 2.73. The summed E-state index contributed by atoms with van der Waals surface area (Å²) in [6.45, 7) is 12.5. The van der Waals surface area contributed by atoms with Gasteiger partial charge in [-0.3, -0.25) is 0 Å². The number of amides is 1. The van der Waals surface area contributed by atoms with E-state index in [4.69, 9.17) is 9.16 Å². The SMILES string of the molecule is CN(C(=O)OC(C)(C)C)[C@H](CO)CCO[Si](c1ccccc1)(c1ccccc1)C(C)(C)C. The molecule has 1 atom stereocenters. The van der Waals surface area contributed by atoms with Gasteiger partial charge in [-0.25, -0.2) is 4.79 Å². The van der Waals surface area contributed by atoms with Gasteiger partial charge in [0.2, 0.25) is 0 Å². The molecule has 0 heterocycles. The van der Waals surface area contributed by atoms with Crippen LogP contribution in [0, 0.1) is 0 Å². The molecule has 176 valence electrons. The Morgan fingerprint density at radius 2 is 1.41 bits per heavy atom. The highest BCUT2D eigenvalue weighted by Gasteiger charge is 2.50. The standard InChI is InChI=1S/C26H39NO4Si/c1-25(2,3)31-24(29)27(7)21(20-28)18-19-30-32(26(4,5)6,22-14-10-8-11-15-22)23-16-12-9-13-17-23/h8-17,21,28H,18-20H2,1-7H3/t21-/m0/s1. The van der Waals surface area contributed by atoms with E-state index in [1.165, 1.54) is 15.3 Å². The summed E-state index contributed by atoms with van der Waals surface area (Å²) in [5, 5.41) is 12.3. The van der Waals surface area contributed by atoms with Crippen molar-refractivity contribution in [2.45, 2.75) is 64.6 Å². The third kappa shape index (κ3) is 6.21. The second-order valence-electron chi connectivity index (χ2n) is 10.2. The molecule has 0 aliphatic heterocycles. The number of nitrogens with zero attached hydrogens (tertiary/aromatic N) is 1. The summed E-state index contributed by atoms with van der Waals surface area (Å²) in [6.07, 6.45) is 0.0681. The van der Waals surface area contributed by atoms with Gasteiger partial charge in [0.15, 0.2) is 0 Å². The normalized spacial score (nSPS) is 13.5. The summed E-state index contributed by atoms with van der Waals surface area (Å²) in [6, 6.07) is 20.5. The Hall–Kier alpha value is -2.15. The van der Waals surface area contributed by atoms with Crippen molar-refractivity contribution in [1.29, 1.82) is 0 Å². The summed E-state index contributed by atoms with van der Waals surface area (Å²) in [5.74, 6) is 0. The first-order valence-corrected chi connectivity index (χ1v) is 13.1. The van der Waals surface area contributed by atoms with Crippen LogP contribution in [0.1, 0.15) is 48.0 Å². The third-order valence-corrected chi connectivity index (χ3v) is 10.7. The van der Waals surface area contributed by atoms with E-state index in [1.54, 1.807) is 7.05 Å². The molecular weight excluding hydrogens is 418 g/mol. The van der Waals surface area contributed by atoms with Crippen LogP contribution in [-0.2, 0) is 9.16 Å². The highest BCUT2D eigenvalue weighted by molar-refractivity contribution is 6.99. The van der Waals surface area contributed by atoms with Gasteiger partial charge in [0.25, 0.3) is 8.32 Å². The van der Waals surface area contributed by atoms with Crippen molar-refractivity contribution in [3.05, 3.63) is 60.7 Å². The van der Waals surface area contributed by atoms with Crippen molar-refractivity contribution >= 4 is 24.8 Å². The van der Waals surface area contributed by atoms with Crippen LogP contribution in [0.5, 0.6) is 0 Å². The summed E-state index contributed by atoms with van der Waals surface area (Å²) >= 11 is 0. The number of aliphatic hydroxyl groups excluding tert-OH is 1. The Balaban J connectivity index is 2.30. The van der Waals surface area contributed by atoms with Gasteiger partial charge in [-0.15, -0.1) is 0 Å². The van der Waals surface area contributed by atoms with E-state index in [2.05, 4.69) is 69.3 Å². The first-order valence-electron chi connectivity index (χ1n) is 11.2. The van der Waals surface area contributed by atoms with Crippen LogP contribution in [0.2, 0.25) is 5.04 Å². The van der Waals surface area contributed by atoms with Crippen molar-refractivity contribution in [3.63, 3.8) is 0 Å². The summed E-state index contributed by atoms with van der Waals surface area (Å²) in [5.41, 5.74) is -0.587. The van der Waals surface area contributed by atoms with E-state index in [0.29, 0.717) is 13.0 Å². The molecule has 0 aliphatic rings. The van der Waals surface area contributed by atoms with Crippen LogP contribution in [-0.4, -0.2) is 56.3 Å². The smallest absolute Gasteiger partial charge is 0.410 e. The maximum absolute atomic E-state index is 12.5. The number of hydrogen-bond acceptors (Lipinski definition) is 4. The number of benzene rings is 2. The third-order valence-electron chi connectivity index (χ3n) is 5.63. The monoisotopic (exact) mass is 457 g/mol. The maximum Gasteiger partial charge on any atom is 0.410 e. The topological polar surface area (TPSA) is 59.0 Å². The molecule has 2 rings (SSSR count). The quantitative estimate of drug-likeness (QED) is 0.604. The summed E-state index contributed by atoms with van der Waals surface area (Å²) in [4.78, 5) is 14.0. The van der Waals surface area contributed by atoms with Crippen LogP contribution < -0.4 is 10.4 Å². The van der Waals surface area contributed by atoms with Gasteiger partial charge in [-0.05, 0) is 42.6 Å². The van der Waals surface area contributed by atoms with E-state index in [0.717, 1.165) is 0 Å². The fourth-order valence-corrected chi connectivity index (χ4v) is 8.58. The lowest BCUT2D eigenvalue weighted by molar-refractivity contribution is 0.0136. The molecule has 6 heteroatoms. The Morgan fingerprint density at radius 3 is 1.78 bits per heavy atom. The van der Waals surface area contributed by atoms with Gasteiger partial charge in [-0.2, -0.15) is 0 Å². The molecule has 0 aliphatic carbocycles. The number of ether oxygens (including phenoxy) is 1. The lowest BCUT2D eigenvalue weighted by atomic mass is 10.2. The fourth-order valence-electron chi connectivity index (χ4n) is 4.00. The van der Waals surface area contributed by atoms with Gasteiger partial charge < -0.3 is 19.2 Å². The van der Waals surface area contributed by atoms with Crippen LogP contribution >= 0.6 is 0 Å². The maximum atomic E-state index is 12.5. The lowest BCUT2D eigenvalue weighted by Crippen LogP contribution is -2.66. The zero-order valence-electron chi connectivity index (χ0n) is 20.6. The number of carbonyl (C=O) groups is 1. The summed E-state index contributed by atoms with van der Waals surface area (Å²) in [7, 11) is -0.981. The predicted molar refractivity (Wildman–Crippen MR) is 133 cm³/mol. The molecule has 0 unspecified atom stereocenters. The van der Waals surface area contributed by atoms with Crippen LogP contribution in [0.25, 0.3) is 0 Å². The van der Waals surface area contributed by atoms with E-state index in [-0.39, 0.29) is 17.7 Å². The number of likely N-dealkylation sites (N-methyl/N-ethyl adjacent to an activating group) is 1. The second kappa shape index (κ2) is 10.6. The van der Waals surface area contributed by atoms with E-state index >= 15 is 0 Å². The van der Waals surface area contributed by atoms with Crippen molar-refractivity contribution in [2.75, 3.05) is 20.3 Å². The minimum Gasteiger partial charge on any atom is -0.444 e. The fraction of sp³-hybridized carbons (Fsp3) is 0.500. The molecule has 0 bridgehead atoms. The predicted octanol–water partition coefficient (Wildman–Crippen LogP) is 4.18. The highest BCUT2D eigenvalue weighted by atomic mass is 28.4. The van der Waals surface area contributed by atoms with E-state index in [1.807, 2.05) is 32.9 Å². The molecule has 0 radical (unpaired) electrons. The summed E-state index contributed by atoms with van der Waals surface area (Å²) < 4.78 is 12.3. The van der Waals surface area contributed by atoms with Crippen molar-refractivity contribution in [3.8, 4) is 0 Å². The number of rotatable bonds is 8. The van der Waals surface area contributed by atoms with Gasteiger partial charge >= 0.3 is 6.09 Å². The highest BCUT2D eigenvalue weighted by Crippen LogP contribution is 2.36. The number of hydrogen-bond donors (Lipinski definition) is 1. The largest absolute Gasteiger partial charge is 0.444 e. The molecule has 0 spiro atoms. The molecule has 5 nitrogen and oxygen atoms in total. The molecule has 0 saturated carbocycles. The Bertz CT molecular complexity index is 804. The first kappa shape index (κ1) is 26.1. The van der Waals surface area contributed by atoms with E-state index < -0.39 is 20.0 Å².